The van der Waals surface area contributed by atoms with Crippen LogP contribution in [0.3, 0.4) is 0 Å². The summed E-state index contributed by atoms with van der Waals surface area (Å²) in [7, 11) is -4.39. The van der Waals surface area contributed by atoms with E-state index in [9.17, 15) is 4.57 Å². The highest BCUT2D eigenvalue weighted by atomic mass is 31.2. The first-order valence-corrected chi connectivity index (χ1v) is 12.3. The molecule has 0 bridgehead atoms. The van der Waals surface area contributed by atoms with Crippen molar-refractivity contribution in [3.05, 3.63) is 35.4 Å². The van der Waals surface area contributed by atoms with E-state index in [1.165, 1.54) is 89.0 Å². The number of aryl methyl sites for hydroxylation is 1. The van der Waals surface area contributed by atoms with Gasteiger partial charge in [0.2, 0.25) is 0 Å². The van der Waals surface area contributed by atoms with Gasteiger partial charge in [-0.05, 0) is 24.0 Å². The Morgan fingerprint density at radius 3 is 1.56 bits per heavy atom. The van der Waals surface area contributed by atoms with Crippen LogP contribution in [0, 0.1) is 0 Å². The molecule has 4 nitrogen and oxygen atoms in total. The van der Waals surface area contributed by atoms with Crippen LogP contribution in [0.4, 0.5) is 0 Å². The molecule has 1 rings (SSSR count). The zero-order valence-electron chi connectivity index (χ0n) is 17.1. The van der Waals surface area contributed by atoms with Crippen molar-refractivity contribution in [2.24, 2.45) is 0 Å². The zero-order chi connectivity index (χ0) is 19.8. The molecule has 0 heterocycles. The monoisotopic (exact) mass is 398 g/mol. The number of phosphoric ester groups is 1. The molecule has 0 radical (unpaired) electrons. The van der Waals surface area contributed by atoms with Gasteiger partial charge in [-0.2, -0.15) is 0 Å². The molecule has 0 aromatic heterocycles. The summed E-state index contributed by atoms with van der Waals surface area (Å²) in [6.45, 7) is 2.22. The minimum Gasteiger partial charge on any atom is -0.303 e. The van der Waals surface area contributed by atoms with Gasteiger partial charge in [-0.3, -0.25) is 4.52 Å². The number of hydrogen-bond acceptors (Lipinski definition) is 2. The SMILES string of the molecule is CCCCCCCCCCCCCCCc1ccc(COP(=O)(O)O)cc1. The second-order valence-electron chi connectivity index (χ2n) is 7.57. The van der Waals surface area contributed by atoms with Crippen molar-refractivity contribution in [1.29, 1.82) is 0 Å². The predicted molar refractivity (Wildman–Crippen MR) is 113 cm³/mol. The van der Waals surface area contributed by atoms with Gasteiger partial charge in [0.1, 0.15) is 0 Å². The first-order valence-electron chi connectivity index (χ1n) is 10.8. The molecule has 0 atom stereocenters. The maximum atomic E-state index is 10.7. The summed E-state index contributed by atoms with van der Waals surface area (Å²) in [6, 6.07) is 7.82. The van der Waals surface area contributed by atoms with Gasteiger partial charge in [0.25, 0.3) is 0 Å². The van der Waals surface area contributed by atoms with E-state index in [1.807, 2.05) is 24.3 Å². The molecule has 0 saturated heterocycles. The Morgan fingerprint density at radius 1 is 0.704 bits per heavy atom. The van der Waals surface area contributed by atoms with Crippen LogP contribution in [0.25, 0.3) is 0 Å². The number of benzene rings is 1. The van der Waals surface area contributed by atoms with Gasteiger partial charge in [-0.1, -0.05) is 108 Å². The molecule has 5 heteroatoms. The molecule has 156 valence electrons. The van der Waals surface area contributed by atoms with Gasteiger partial charge in [-0.25, -0.2) is 4.57 Å². The predicted octanol–water partition coefficient (Wildman–Crippen LogP) is 6.93. The Hall–Kier alpha value is -0.670. The van der Waals surface area contributed by atoms with E-state index in [0.717, 1.165) is 12.0 Å². The van der Waals surface area contributed by atoms with Gasteiger partial charge in [0.05, 0.1) is 6.61 Å². The lowest BCUT2D eigenvalue weighted by Gasteiger charge is -2.07. The fourth-order valence-electron chi connectivity index (χ4n) is 3.31. The Bertz CT molecular complexity index is 510. The van der Waals surface area contributed by atoms with Gasteiger partial charge in [0.15, 0.2) is 0 Å². The van der Waals surface area contributed by atoms with Crippen molar-refractivity contribution in [3.63, 3.8) is 0 Å². The average molecular weight is 399 g/mol. The lowest BCUT2D eigenvalue weighted by Crippen LogP contribution is -1.92. The highest BCUT2D eigenvalue weighted by Crippen LogP contribution is 2.36. The smallest absolute Gasteiger partial charge is 0.303 e. The van der Waals surface area contributed by atoms with Crippen LogP contribution in [0.15, 0.2) is 24.3 Å². The van der Waals surface area contributed by atoms with Gasteiger partial charge >= 0.3 is 7.82 Å². The second-order valence-corrected chi connectivity index (χ2v) is 8.81. The van der Waals surface area contributed by atoms with Crippen molar-refractivity contribution in [3.8, 4) is 0 Å². The molecule has 0 amide bonds. The Kier molecular flexibility index (Phi) is 13.8. The molecule has 0 unspecified atom stereocenters. The lowest BCUT2D eigenvalue weighted by atomic mass is 10.0. The maximum absolute atomic E-state index is 10.7. The quantitative estimate of drug-likeness (QED) is 0.220. The van der Waals surface area contributed by atoms with Crippen LogP contribution < -0.4 is 0 Å². The largest absolute Gasteiger partial charge is 0.469 e. The normalized spacial score (nSPS) is 11.8. The Balaban J connectivity index is 1.94. The third kappa shape index (κ3) is 15.0. The number of rotatable bonds is 17. The molecule has 1 aromatic rings. The minimum atomic E-state index is -4.39. The molecule has 27 heavy (non-hydrogen) atoms. The van der Waals surface area contributed by atoms with Crippen LogP contribution in [0.2, 0.25) is 0 Å². The van der Waals surface area contributed by atoms with E-state index in [2.05, 4.69) is 11.4 Å². The van der Waals surface area contributed by atoms with Crippen LogP contribution in [-0.2, 0) is 22.1 Å². The molecule has 0 aliphatic rings. The molecular weight excluding hydrogens is 359 g/mol. The molecule has 0 aliphatic heterocycles. The van der Waals surface area contributed by atoms with Crippen LogP contribution in [0.1, 0.15) is 102 Å². The van der Waals surface area contributed by atoms with E-state index < -0.39 is 7.82 Å². The van der Waals surface area contributed by atoms with Crippen LogP contribution >= 0.6 is 7.82 Å². The summed E-state index contributed by atoms with van der Waals surface area (Å²) in [5, 5.41) is 0. The molecule has 0 spiro atoms. The van der Waals surface area contributed by atoms with Gasteiger partial charge in [-0.15, -0.1) is 0 Å². The topological polar surface area (TPSA) is 66.8 Å². The molecule has 2 N–H and O–H groups in total. The summed E-state index contributed by atoms with van der Waals surface area (Å²) in [5.41, 5.74) is 2.06. The number of hydrogen-bond donors (Lipinski definition) is 2. The standard InChI is InChI=1S/C22H39O4P/c1-2-3-4-5-6-7-8-9-10-11-12-13-14-15-21-16-18-22(19-17-21)20-26-27(23,24)25/h16-19H,2-15,20H2,1H3,(H2,23,24,25). The second kappa shape index (κ2) is 15.3. The summed E-state index contributed by atoms with van der Waals surface area (Å²) in [6.07, 6.45) is 18.8. The fourth-order valence-corrected chi connectivity index (χ4v) is 3.62. The van der Waals surface area contributed by atoms with Crippen molar-refractivity contribution in [2.45, 2.75) is 103 Å². The first-order chi connectivity index (χ1) is 13.0. The number of phosphoric acid groups is 1. The van der Waals surface area contributed by atoms with Crippen LogP contribution in [-0.4, -0.2) is 9.79 Å². The highest BCUT2D eigenvalue weighted by Gasteiger charge is 2.13. The summed E-state index contributed by atoms with van der Waals surface area (Å²) in [5.74, 6) is 0. The third-order valence-corrected chi connectivity index (χ3v) is 5.46. The Morgan fingerprint density at radius 2 is 1.11 bits per heavy atom. The van der Waals surface area contributed by atoms with E-state index in [-0.39, 0.29) is 6.61 Å². The van der Waals surface area contributed by atoms with Gasteiger partial charge < -0.3 is 9.79 Å². The summed E-state index contributed by atoms with van der Waals surface area (Å²) in [4.78, 5) is 17.4. The zero-order valence-corrected chi connectivity index (χ0v) is 18.0. The number of unbranched alkanes of at least 4 members (excludes halogenated alkanes) is 12. The molecule has 0 aliphatic carbocycles. The summed E-state index contributed by atoms with van der Waals surface area (Å²) < 4.78 is 15.2. The van der Waals surface area contributed by atoms with Crippen LogP contribution in [0.5, 0.6) is 0 Å². The average Bonchev–Trinajstić information content (AvgIpc) is 2.64. The minimum absolute atomic E-state index is 0.0523. The molecule has 0 saturated carbocycles. The van der Waals surface area contributed by atoms with E-state index in [1.54, 1.807) is 0 Å². The molecule has 1 aromatic carbocycles. The fraction of sp³-hybridized carbons (Fsp3) is 0.727. The van der Waals surface area contributed by atoms with E-state index >= 15 is 0 Å². The lowest BCUT2D eigenvalue weighted by molar-refractivity contribution is 0.189. The van der Waals surface area contributed by atoms with Gasteiger partial charge in [0, 0.05) is 0 Å². The molecule has 0 fully saturated rings. The van der Waals surface area contributed by atoms with Crippen molar-refractivity contribution in [1.82, 2.24) is 0 Å². The third-order valence-electron chi connectivity index (χ3n) is 4.99. The van der Waals surface area contributed by atoms with Crippen molar-refractivity contribution >= 4 is 7.82 Å². The molecular formula is C22H39O4P. The van der Waals surface area contributed by atoms with E-state index in [0.29, 0.717) is 0 Å². The maximum Gasteiger partial charge on any atom is 0.469 e. The first kappa shape index (κ1) is 24.4. The van der Waals surface area contributed by atoms with Crippen molar-refractivity contribution < 1.29 is 18.9 Å². The van der Waals surface area contributed by atoms with Crippen molar-refractivity contribution in [2.75, 3.05) is 0 Å². The Labute approximate surface area is 166 Å². The van der Waals surface area contributed by atoms with E-state index in [4.69, 9.17) is 9.79 Å². The summed E-state index contributed by atoms with van der Waals surface area (Å²) >= 11 is 0. The highest BCUT2D eigenvalue weighted by molar-refractivity contribution is 7.46.